The standard InChI is InChI=1S/C27H38N6O/c1-4-7-21(29-3)17-33-23-9-10-24(33)19-32(18-23)22-11-12-26(20(2)14-22)27(31-28)16-30-15-25-8-5-6-13-34-25/h4,7,11-12,14,16,23-25H,1,3,5-6,8-10,13,15,17-19,28H2,2H3/b21-7-,30-16?,31-27+. The highest BCUT2D eigenvalue weighted by Gasteiger charge is 2.40. The van der Waals surface area contributed by atoms with E-state index in [-0.39, 0.29) is 6.10 Å². The third kappa shape index (κ3) is 5.65. The SMILES string of the molecule is C=C/C=C(/CN1C2CCC1CN(c1ccc(/C(C=NCC3CCCCO3)=N/N)c(C)c1)C2)N=C. The van der Waals surface area contributed by atoms with E-state index in [1.54, 1.807) is 12.3 Å². The van der Waals surface area contributed by atoms with Crippen LogP contribution >= 0.6 is 0 Å². The molecular weight excluding hydrogens is 424 g/mol. The summed E-state index contributed by atoms with van der Waals surface area (Å²) in [5.74, 6) is 5.73. The molecule has 0 aliphatic carbocycles. The Morgan fingerprint density at radius 1 is 1.21 bits per heavy atom. The van der Waals surface area contributed by atoms with Gasteiger partial charge in [0.2, 0.25) is 0 Å². The van der Waals surface area contributed by atoms with Gasteiger partial charge in [0, 0.05) is 55.8 Å². The zero-order valence-corrected chi connectivity index (χ0v) is 20.4. The van der Waals surface area contributed by atoms with Crippen LogP contribution < -0.4 is 10.7 Å². The molecule has 7 heteroatoms. The van der Waals surface area contributed by atoms with Gasteiger partial charge in [-0.2, -0.15) is 5.10 Å². The molecule has 3 aliphatic rings. The maximum atomic E-state index is 5.77. The molecule has 3 saturated heterocycles. The largest absolute Gasteiger partial charge is 0.376 e. The Kier molecular flexibility index (Phi) is 8.29. The fourth-order valence-corrected chi connectivity index (χ4v) is 5.45. The van der Waals surface area contributed by atoms with Gasteiger partial charge in [0.05, 0.1) is 18.3 Å². The summed E-state index contributed by atoms with van der Waals surface area (Å²) in [7, 11) is 0. The Balaban J connectivity index is 1.40. The van der Waals surface area contributed by atoms with E-state index in [2.05, 4.69) is 63.3 Å². The van der Waals surface area contributed by atoms with E-state index in [0.717, 1.165) is 55.9 Å². The normalized spacial score (nSPS) is 26.3. The van der Waals surface area contributed by atoms with Crippen LogP contribution in [0.3, 0.4) is 0 Å². The summed E-state index contributed by atoms with van der Waals surface area (Å²) in [6.45, 7) is 14.0. The summed E-state index contributed by atoms with van der Waals surface area (Å²) < 4.78 is 5.77. The van der Waals surface area contributed by atoms with Gasteiger partial charge in [-0.15, -0.1) is 0 Å². The zero-order valence-electron chi connectivity index (χ0n) is 20.4. The second-order valence-electron chi connectivity index (χ2n) is 9.51. The number of piperazine rings is 1. The first kappa shape index (κ1) is 24.4. The molecule has 4 rings (SSSR count). The number of rotatable bonds is 9. The first-order valence-electron chi connectivity index (χ1n) is 12.4. The van der Waals surface area contributed by atoms with Crippen LogP contribution in [0.4, 0.5) is 5.69 Å². The Morgan fingerprint density at radius 2 is 2.00 bits per heavy atom. The molecule has 3 heterocycles. The lowest BCUT2D eigenvalue weighted by Crippen LogP contribution is -2.54. The van der Waals surface area contributed by atoms with Gasteiger partial charge in [-0.25, -0.2) is 0 Å². The van der Waals surface area contributed by atoms with E-state index in [1.165, 1.54) is 24.9 Å². The Bertz CT molecular complexity index is 948. The third-order valence-electron chi connectivity index (χ3n) is 7.28. The molecular formula is C27H38N6O. The molecule has 3 aliphatic heterocycles. The van der Waals surface area contributed by atoms with Crippen molar-refractivity contribution in [1.29, 1.82) is 0 Å². The number of anilines is 1. The van der Waals surface area contributed by atoms with Gasteiger partial charge in [0.25, 0.3) is 0 Å². The van der Waals surface area contributed by atoms with Crippen molar-refractivity contribution in [2.75, 3.05) is 37.7 Å². The van der Waals surface area contributed by atoms with Crippen molar-refractivity contribution in [1.82, 2.24) is 4.90 Å². The van der Waals surface area contributed by atoms with Crippen LogP contribution in [0.15, 0.2) is 57.7 Å². The van der Waals surface area contributed by atoms with Crippen LogP contribution in [-0.4, -0.2) is 74.5 Å². The molecule has 2 bridgehead atoms. The van der Waals surface area contributed by atoms with Crippen molar-refractivity contribution < 1.29 is 4.74 Å². The summed E-state index contributed by atoms with van der Waals surface area (Å²) in [6.07, 6.45) is 11.6. The molecule has 0 amide bonds. The lowest BCUT2D eigenvalue weighted by molar-refractivity contribution is 0.0226. The molecule has 0 saturated carbocycles. The topological polar surface area (TPSA) is 78.8 Å². The van der Waals surface area contributed by atoms with Gasteiger partial charge >= 0.3 is 0 Å². The molecule has 3 atom stereocenters. The van der Waals surface area contributed by atoms with Gasteiger partial charge in [-0.05, 0) is 69.5 Å². The average Bonchev–Trinajstić information content (AvgIpc) is 3.08. The lowest BCUT2D eigenvalue weighted by Gasteiger charge is -2.42. The molecule has 0 aromatic heterocycles. The van der Waals surface area contributed by atoms with Crippen LogP contribution in [0.2, 0.25) is 0 Å². The van der Waals surface area contributed by atoms with E-state index in [0.29, 0.717) is 24.3 Å². The maximum absolute atomic E-state index is 5.77. The summed E-state index contributed by atoms with van der Waals surface area (Å²) >= 11 is 0. The minimum atomic E-state index is 0.215. The second-order valence-corrected chi connectivity index (χ2v) is 9.51. The van der Waals surface area contributed by atoms with Crippen LogP contribution in [0.25, 0.3) is 0 Å². The summed E-state index contributed by atoms with van der Waals surface area (Å²) in [6, 6.07) is 7.63. The zero-order chi connectivity index (χ0) is 23.9. The van der Waals surface area contributed by atoms with E-state index in [9.17, 15) is 0 Å². The molecule has 2 N–H and O–H groups in total. The van der Waals surface area contributed by atoms with Crippen LogP contribution in [0.1, 0.15) is 43.2 Å². The molecule has 0 radical (unpaired) electrons. The van der Waals surface area contributed by atoms with E-state index < -0.39 is 0 Å². The minimum Gasteiger partial charge on any atom is -0.376 e. The molecule has 1 aromatic carbocycles. The van der Waals surface area contributed by atoms with Gasteiger partial charge in [-0.1, -0.05) is 18.7 Å². The Hall–Kier alpha value is -2.77. The Labute approximate surface area is 203 Å². The molecule has 182 valence electrons. The van der Waals surface area contributed by atoms with Gasteiger partial charge in [0.15, 0.2) is 0 Å². The highest BCUT2D eigenvalue weighted by molar-refractivity contribution is 6.38. The van der Waals surface area contributed by atoms with Crippen molar-refractivity contribution in [2.45, 2.75) is 57.2 Å². The highest BCUT2D eigenvalue weighted by atomic mass is 16.5. The fourth-order valence-electron chi connectivity index (χ4n) is 5.45. The van der Waals surface area contributed by atoms with Crippen molar-refractivity contribution in [3.63, 3.8) is 0 Å². The van der Waals surface area contributed by atoms with Crippen molar-refractivity contribution in [3.8, 4) is 0 Å². The fraction of sp³-hybridized carbons (Fsp3) is 0.519. The second kappa shape index (κ2) is 11.6. The number of allylic oxidation sites excluding steroid dienone is 2. The van der Waals surface area contributed by atoms with Crippen LogP contribution in [-0.2, 0) is 4.74 Å². The highest BCUT2D eigenvalue weighted by Crippen LogP contribution is 2.34. The number of hydrogen-bond donors (Lipinski definition) is 1. The van der Waals surface area contributed by atoms with Crippen LogP contribution in [0, 0.1) is 6.92 Å². The summed E-state index contributed by atoms with van der Waals surface area (Å²) in [5, 5.41) is 4.02. The Morgan fingerprint density at radius 3 is 2.62 bits per heavy atom. The molecule has 1 aromatic rings. The number of nitrogens with two attached hydrogens (primary N) is 1. The number of ether oxygens (including phenoxy) is 1. The predicted octanol–water partition coefficient (Wildman–Crippen LogP) is 3.72. The van der Waals surface area contributed by atoms with Crippen LogP contribution in [0.5, 0.6) is 0 Å². The minimum absolute atomic E-state index is 0.215. The molecule has 7 nitrogen and oxygen atoms in total. The lowest BCUT2D eigenvalue weighted by atomic mass is 10.0. The van der Waals surface area contributed by atoms with E-state index in [4.69, 9.17) is 10.6 Å². The maximum Gasteiger partial charge on any atom is 0.108 e. The first-order chi connectivity index (χ1) is 16.6. The number of hydrogen-bond acceptors (Lipinski definition) is 7. The molecule has 0 spiro atoms. The molecule has 3 unspecified atom stereocenters. The van der Waals surface area contributed by atoms with Crippen molar-refractivity contribution >= 4 is 24.3 Å². The number of nitrogens with zero attached hydrogens (tertiary/aromatic N) is 5. The smallest absolute Gasteiger partial charge is 0.108 e. The van der Waals surface area contributed by atoms with Gasteiger partial charge in [0.1, 0.15) is 5.71 Å². The number of aliphatic imine (C=N–C) groups is 2. The van der Waals surface area contributed by atoms with E-state index in [1.807, 2.05) is 6.08 Å². The summed E-state index contributed by atoms with van der Waals surface area (Å²) in [4.78, 5) is 13.9. The summed E-state index contributed by atoms with van der Waals surface area (Å²) in [5.41, 5.74) is 5.14. The number of hydrazone groups is 1. The quantitative estimate of drug-likeness (QED) is 0.263. The van der Waals surface area contributed by atoms with Gasteiger partial charge < -0.3 is 15.5 Å². The first-order valence-corrected chi connectivity index (χ1v) is 12.4. The van der Waals surface area contributed by atoms with Crippen molar-refractivity contribution in [2.24, 2.45) is 20.9 Å². The van der Waals surface area contributed by atoms with Crippen molar-refractivity contribution in [3.05, 3.63) is 53.8 Å². The molecule has 34 heavy (non-hydrogen) atoms. The number of aryl methyl sites for hydroxylation is 1. The van der Waals surface area contributed by atoms with Gasteiger partial charge in [-0.3, -0.25) is 14.9 Å². The number of fused-ring (bicyclic) bond motifs is 2. The predicted molar refractivity (Wildman–Crippen MR) is 142 cm³/mol. The monoisotopic (exact) mass is 462 g/mol. The molecule has 3 fully saturated rings. The third-order valence-corrected chi connectivity index (χ3v) is 7.28. The van der Waals surface area contributed by atoms with E-state index >= 15 is 0 Å². The average molecular weight is 463 g/mol. The number of benzene rings is 1.